The predicted molar refractivity (Wildman–Crippen MR) is 128 cm³/mol. The summed E-state index contributed by atoms with van der Waals surface area (Å²) in [7, 11) is 4.15. The van der Waals surface area contributed by atoms with Crippen LogP contribution in [0, 0.1) is 0 Å². The molecule has 1 aromatic heterocycles. The highest BCUT2D eigenvalue weighted by molar-refractivity contribution is 8.04. The van der Waals surface area contributed by atoms with Gasteiger partial charge in [-0.05, 0) is 29.2 Å². The van der Waals surface area contributed by atoms with Crippen LogP contribution in [0.5, 0.6) is 0 Å². The van der Waals surface area contributed by atoms with Crippen molar-refractivity contribution in [2.75, 3.05) is 23.9 Å². The van der Waals surface area contributed by atoms with E-state index in [1.165, 1.54) is 21.2 Å². The number of hydrogen-bond donors (Lipinski definition) is 0. The lowest BCUT2D eigenvalue weighted by Gasteiger charge is -2.23. The summed E-state index contributed by atoms with van der Waals surface area (Å²) in [6.45, 7) is 0. The summed E-state index contributed by atoms with van der Waals surface area (Å²) in [5.41, 5.74) is 3.26. The van der Waals surface area contributed by atoms with Gasteiger partial charge in [-0.1, -0.05) is 59.6 Å². The Hall–Kier alpha value is -2.42. The first-order valence-corrected chi connectivity index (χ1v) is 12.5. The molecule has 5 nitrogen and oxygen atoms in total. The molecule has 0 saturated heterocycles. The third-order valence-corrected chi connectivity index (χ3v) is 9.77. The molecule has 6 rings (SSSR count). The Morgan fingerprint density at radius 1 is 1.00 bits per heavy atom. The Balaban J connectivity index is 1.27. The molecule has 0 unspecified atom stereocenters. The average Bonchev–Trinajstić information content (AvgIpc) is 3.40. The van der Waals surface area contributed by atoms with Crippen molar-refractivity contribution >= 4 is 58.6 Å². The number of fused-ring (bicyclic) bond motifs is 3. The van der Waals surface area contributed by atoms with Gasteiger partial charge in [0, 0.05) is 36.0 Å². The summed E-state index contributed by atoms with van der Waals surface area (Å²) < 4.78 is 1.70. The van der Waals surface area contributed by atoms with Gasteiger partial charge in [0.05, 0.1) is 16.4 Å². The van der Waals surface area contributed by atoms with E-state index in [4.69, 9.17) is 0 Å². The molecule has 2 aromatic carbocycles. The molecule has 0 bridgehead atoms. The van der Waals surface area contributed by atoms with Crippen LogP contribution in [-0.4, -0.2) is 35.6 Å². The van der Waals surface area contributed by atoms with Crippen LogP contribution in [0.25, 0.3) is 6.08 Å². The number of thioether (sulfide) groups is 3. The van der Waals surface area contributed by atoms with Gasteiger partial charge in [0.25, 0.3) is 6.33 Å². The van der Waals surface area contributed by atoms with Crippen LogP contribution < -0.4 is 14.4 Å². The van der Waals surface area contributed by atoms with E-state index in [2.05, 4.69) is 77.4 Å². The first-order valence-electron chi connectivity index (χ1n) is 9.93. The van der Waals surface area contributed by atoms with Crippen molar-refractivity contribution < 1.29 is 9.36 Å². The first-order chi connectivity index (χ1) is 15.1. The average molecular weight is 464 g/mol. The zero-order valence-corrected chi connectivity index (χ0v) is 19.4. The molecular formula is C23H19N4OS3+. The van der Waals surface area contributed by atoms with E-state index in [0.29, 0.717) is 0 Å². The number of hydrogen-bond acceptors (Lipinski definition) is 7. The monoisotopic (exact) mass is 463 g/mol. The minimum Gasteiger partial charge on any atom is -0.360 e. The summed E-state index contributed by atoms with van der Waals surface area (Å²) in [5.74, 6) is 0.101. The summed E-state index contributed by atoms with van der Waals surface area (Å²) in [6.07, 6.45) is 3.77. The van der Waals surface area contributed by atoms with Crippen LogP contribution in [0.4, 0.5) is 11.4 Å². The second-order valence-corrected chi connectivity index (χ2v) is 11.0. The molecule has 3 aliphatic rings. The quantitative estimate of drug-likeness (QED) is 0.407. The third-order valence-electron chi connectivity index (χ3n) is 5.74. The number of benzene rings is 2. The van der Waals surface area contributed by atoms with Gasteiger partial charge in [0.15, 0.2) is 10.7 Å². The summed E-state index contributed by atoms with van der Waals surface area (Å²) in [5, 5.41) is 1.98. The number of para-hydroxylation sites is 2. The van der Waals surface area contributed by atoms with E-state index in [-0.39, 0.29) is 16.5 Å². The molecule has 2 atom stereocenters. The maximum Gasteiger partial charge on any atom is 0.331 e. The Labute approximate surface area is 193 Å². The Kier molecular flexibility index (Phi) is 4.55. The second kappa shape index (κ2) is 7.32. The van der Waals surface area contributed by atoms with Gasteiger partial charge in [-0.2, -0.15) is 4.57 Å². The zero-order chi connectivity index (χ0) is 21.1. The van der Waals surface area contributed by atoms with Crippen LogP contribution in [0.15, 0.2) is 80.8 Å². The van der Waals surface area contributed by atoms with Gasteiger partial charge in [0.2, 0.25) is 0 Å². The van der Waals surface area contributed by atoms with Crippen molar-refractivity contribution in [3.63, 3.8) is 0 Å². The van der Waals surface area contributed by atoms with E-state index in [1.807, 2.05) is 12.1 Å². The van der Waals surface area contributed by atoms with Gasteiger partial charge >= 0.3 is 5.91 Å². The number of anilines is 2. The fourth-order valence-corrected chi connectivity index (χ4v) is 7.98. The van der Waals surface area contributed by atoms with Crippen molar-refractivity contribution in [1.29, 1.82) is 0 Å². The molecule has 0 amide bonds. The zero-order valence-electron chi connectivity index (χ0n) is 16.9. The summed E-state index contributed by atoms with van der Waals surface area (Å²) in [6, 6.07) is 18.7. The molecular weight excluding hydrogens is 444 g/mol. The van der Waals surface area contributed by atoms with Crippen molar-refractivity contribution in [1.82, 2.24) is 4.98 Å². The normalized spacial score (nSPS) is 22.8. The molecule has 3 aliphatic heterocycles. The number of rotatable bonds is 2. The van der Waals surface area contributed by atoms with Gasteiger partial charge in [-0.25, -0.2) is 4.79 Å². The summed E-state index contributed by atoms with van der Waals surface area (Å²) in [4.78, 5) is 24.6. The highest BCUT2D eigenvalue weighted by Crippen LogP contribution is 2.48. The molecule has 0 aliphatic carbocycles. The molecule has 0 fully saturated rings. The van der Waals surface area contributed by atoms with E-state index in [9.17, 15) is 4.79 Å². The molecule has 8 heteroatoms. The predicted octanol–water partition coefficient (Wildman–Crippen LogP) is 4.59. The molecule has 0 N–H and O–H groups in total. The summed E-state index contributed by atoms with van der Waals surface area (Å²) >= 11 is 5.15. The van der Waals surface area contributed by atoms with Gasteiger partial charge in [-0.3, -0.25) is 0 Å². The van der Waals surface area contributed by atoms with Crippen LogP contribution in [-0.2, 0) is 0 Å². The van der Waals surface area contributed by atoms with E-state index in [1.54, 1.807) is 46.2 Å². The van der Waals surface area contributed by atoms with Gasteiger partial charge in [-0.15, -0.1) is 0 Å². The van der Waals surface area contributed by atoms with Crippen molar-refractivity contribution in [3.05, 3.63) is 71.6 Å². The SMILES string of the molecule is CN1/C(=C/c2cc3[n+](cn2)C(=O)[C@@H]([C@H]2Sc4ccccc4N2C)S3)Sc2ccccc21. The molecule has 4 heterocycles. The van der Waals surface area contributed by atoms with Crippen molar-refractivity contribution in [2.45, 2.75) is 25.4 Å². The largest absolute Gasteiger partial charge is 0.360 e. The minimum atomic E-state index is -0.167. The fourth-order valence-electron chi connectivity index (χ4n) is 4.08. The molecule has 0 radical (unpaired) electrons. The second-order valence-electron chi connectivity index (χ2n) is 7.60. The van der Waals surface area contributed by atoms with Crippen molar-refractivity contribution in [3.8, 4) is 0 Å². The van der Waals surface area contributed by atoms with Crippen LogP contribution in [0.2, 0.25) is 0 Å². The number of aromatic nitrogens is 2. The number of nitrogens with zero attached hydrogens (tertiary/aromatic N) is 4. The van der Waals surface area contributed by atoms with Crippen LogP contribution in [0.3, 0.4) is 0 Å². The molecule has 3 aromatic rings. The Morgan fingerprint density at radius 3 is 2.52 bits per heavy atom. The Bertz CT molecular complexity index is 1260. The minimum absolute atomic E-state index is 0.0719. The van der Waals surface area contributed by atoms with E-state index in [0.717, 1.165) is 15.7 Å². The topological polar surface area (TPSA) is 40.3 Å². The smallest absolute Gasteiger partial charge is 0.331 e. The number of carbonyl (C=O) groups excluding carboxylic acids is 1. The maximum atomic E-state index is 13.2. The number of carbonyl (C=O) groups is 1. The van der Waals surface area contributed by atoms with E-state index < -0.39 is 0 Å². The van der Waals surface area contributed by atoms with Gasteiger partial charge in [0.1, 0.15) is 10.6 Å². The Morgan fingerprint density at radius 2 is 1.74 bits per heavy atom. The lowest BCUT2D eigenvalue weighted by Crippen LogP contribution is -2.49. The lowest BCUT2D eigenvalue weighted by atomic mass is 10.2. The lowest BCUT2D eigenvalue weighted by molar-refractivity contribution is -0.613. The highest BCUT2D eigenvalue weighted by Gasteiger charge is 2.46. The van der Waals surface area contributed by atoms with E-state index >= 15 is 0 Å². The highest BCUT2D eigenvalue weighted by atomic mass is 32.2. The molecule has 0 spiro atoms. The third kappa shape index (κ3) is 3.08. The maximum absolute atomic E-state index is 13.2. The molecule has 31 heavy (non-hydrogen) atoms. The van der Waals surface area contributed by atoms with Crippen LogP contribution >= 0.6 is 35.3 Å². The van der Waals surface area contributed by atoms with Crippen molar-refractivity contribution in [2.24, 2.45) is 0 Å². The first kappa shape index (κ1) is 19.3. The standard InChI is InChI=1S/C23H19N4OS3/c1-25-15-7-3-5-9-17(15)29-19(25)11-14-12-20-27(13-24-14)22(28)21(31-20)23-26(2)16-8-4-6-10-18(16)30-23/h3-13,21,23H,1-2H3/q+1/t21-,23+/m0/s1. The molecule has 154 valence electrons. The van der Waals surface area contributed by atoms with Crippen LogP contribution in [0.1, 0.15) is 10.5 Å². The fraction of sp³-hybridized carbons (Fsp3) is 0.174. The molecule has 0 saturated carbocycles. The van der Waals surface area contributed by atoms with Gasteiger partial charge < -0.3 is 9.80 Å².